The van der Waals surface area contributed by atoms with E-state index in [1.165, 1.54) is 4.90 Å². The molecule has 0 spiro atoms. The van der Waals surface area contributed by atoms with Crippen molar-refractivity contribution in [3.8, 4) is 11.5 Å². The average molecular weight is 453 g/mol. The summed E-state index contributed by atoms with van der Waals surface area (Å²) in [7, 11) is 5.35. The first-order chi connectivity index (χ1) is 15.7. The lowest BCUT2D eigenvalue weighted by Crippen LogP contribution is -2.35. The smallest absolute Gasteiger partial charge is 0.295 e. The number of rotatable bonds is 8. The number of aryl methyl sites for hydroxylation is 2. The van der Waals surface area contributed by atoms with Crippen LogP contribution in [-0.4, -0.2) is 67.5 Å². The average Bonchev–Trinajstić information content (AvgIpc) is 3.04. The largest absolute Gasteiger partial charge is 0.507 e. The van der Waals surface area contributed by atoms with Crippen LogP contribution in [0, 0.1) is 13.8 Å². The minimum absolute atomic E-state index is 0.0821. The summed E-state index contributed by atoms with van der Waals surface area (Å²) >= 11 is 0. The number of hydrogen-bond acceptors (Lipinski definition) is 6. The van der Waals surface area contributed by atoms with Gasteiger partial charge in [-0.3, -0.25) is 9.59 Å². The fraction of sp³-hybridized carbons (Fsp3) is 0.385. The Hall–Kier alpha value is -3.32. The number of ether oxygens (including phenoxy) is 2. The summed E-state index contributed by atoms with van der Waals surface area (Å²) in [5.41, 5.74) is 3.06. The van der Waals surface area contributed by atoms with E-state index < -0.39 is 17.7 Å². The molecule has 1 N–H and O–H groups in total. The maximum absolute atomic E-state index is 13.2. The fourth-order valence-corrected chi connectivity index (χ4v) is 4.03. The van der Waals surface area contributed by atoms with E-state index in [9.17, 15) is 14.7 Å². The number of carbonyl (C=O) groups is 2. The molecule has 176 valence electrons. The van der Waals surface area contributed by atoms with E-state index in [1.54, 1.807) is 19.2 Å². The standard InChI is InChI=1S/C26H32N2O5/c1-7-33-20-11-10-18(15-21(20)32-6)23-22(24(29)19-14-16(2)8-9-17(19)3)25(30)26(31)28(23)13-12-27(4)5/h8-11,14-15,23,29H,7,12-13H2,1-6H3/b24-22+. The SMILES string of the molecule is CCOc1ccc(C2/C(=C(\O)c3cc(C)ccc3C)C(=O)C(=O)N2CCN(C)C)cc1OC. The molecule has 1 aliphatic rings. The zero-order valence-corrected chi connectivity index (χ0v) is 20.1. The van der Waals surface area contributed by atoms with Crippen molar-refractivity contribution in [2.75, 3.05) is 40.9 Å². The van der Waals surface area contributed by atoms with E-state index in [2.05, 4.69) is 0 Å². The lowest BCUT2D eigenvalue weighted by atomic mass is 9.93. The van der Waals surface area contributed by atoms with Crippen LogP contribution >= 0.6 is 0 Å². The van der Waals surface area contributed by atoms with E-state index >= 15 is 0 Å². The number of aliphatic hydroxyl groups is 1. The summed E-state index contributed by atoms with van der Waals surface area (Å²) in [4.78, 5) is 29.7. The number of methoxy groups -OCH3 is 1. The van der Waals surface area contributed by atoms with Gasteiger partial charge in [0, 0.05) is 18.7 Å². The topological polar surface area (TPSA) is 79.3 Å². The first-order valence-corrected chi connectivity index (χ1v) is 11.0. The number of benzene rings is 2. The van der Waals surface area contributed by atoms with Crippen LogP contribution in [0.15, 0.2) is 42.0 Å². The first-order valence-electron chi connectivity index (χ1n) is 11.0. The van der Waals surface area contributed by atoms with Gasteiger partial charge in [0.05, 0.1) is 25.3 Å². The van der Waals surface area contributed by atoms with Gasteiger partial charge < -0.3 is 24.4 Å². The molecule has 0 aromatic heterocycles. The second kappa shape index (κ2) is 10.1. The number of nitrogens with zero attached hydrogens (tertiary/aromatic N) is 2. The highest BCUT2D eigenvalue weighted by molar-refractivity contribution is 6.46. The van der Waals surface area contributed by atoms with Gasteiger partial charge in [-0.2, -0.15) is 0 Å². The molecule has 0 saturated carbocycles. The summed E-state index contributed by atoms with van der Waals surface area (Å²) < 4.78 is 11.1. The van der Waals surface area contributed by atoms with Crippen molar-refractivity contribution in [3.63, 3.8) is 0 Å². The van der Waals surface area contributed by atoms with Crippen molar-refractivity contribution in [2.24, 2.45) is 0 Å². The Labute approximate surface area is 195 Å². The number of amides is 1. The zero-order chi connectivity index (χ0) is 24.3. The second-order valence-electron chi connectivity index (χ2n) is 8.46. The molecule has 0 radical (unpaired) electrons. The van der Waals surface area contributed by atoms with Crippen molar-refractivity contribution in [2.45, 2.75) is 26.8 Å². The molecule has 7 heteroatoms. The molecule has 1 amide bonds. The van der Waals surface area contributed by atoms with Crippen molar-refractivity contribution in [1.82, 2.24) is 9.80 Å². The number of hydrogen-bond donors (Lipinski definition) is 1. The number of aliphatic hydroxyl groups excluding tert-OH is 1. The highest BCUT2D eigenvalue weighted by Gasteiger charge is 2.46. The zero-order valence-electron chi connectivity index (χ0n) is 20.1. The first kappa shape index (κ1) is 24.3. The normalized spacial score (nSPS) is 17.7. The molecule has 33 heavy (non-hydrogen) atoms. The highest BCUT2D eigenvalue weighted by Crippen LogP contribution is 2.42. The Balaban J connectivity index is 2.21. The van der Waals surface area contributed by atoms with E-state index in [-0.39, 0.29) is 11.3 Å². The van der Waals surface area contributed by atoms with Crippen LogP contribution in [-0.2, 0) is 9.59 Å². The van der Waals surface area contributed by atoms with Crippen LogP contribution in [0.25, 0.3) is 5.76 Å². The van der Waals surface area contributed by atoms with E-state index in [1.807, 2.05) is 64.0 Å². The van der Waals surface area contributed by atoms with Crippen LogP contribution in [0.3, 0.4) is 0 Å². The fourth-order valence-electron chi connectivity index (χ4n) is 4.03. The van der Waals surface area contributed by atoms with Crippen LogP contribution in [0.1, 0.15) is 35.2 Å². The van der Waals surface area contributed by atoms with Gasteiger partial charge in [0.1, 0.15) is 5.76 Å². The van der Waals surface area contributed by atoms with Crippen LogP contribution in [0.4, 0.5) is 0 Å². The predicted octanol–water partition coefficient (Wildman–Crippen LogP) is 3.69. The molecule has 2 aromatic carbocycles. The lowest BCUT2D eigenvalue weighted by molar-refractivity contribution is -0.140. The van der Waals surface area contributed by atoms with E-state index in [0.717, 1.165) is 11.1 Å². The molecule has 1 fully saturated rings. The molecule has 1 aliphatic heterocycles. The lowest BCUT2D eigenvalue weighted by Gasteiger charge is -2.27. The van der Waals surface area contributed by atoms with Gasteiger partial charge in [-0.25, -0.2) is 0 Å². The van der Waals surface area contributed by atoms with Crippen molar-refractivity contribution in [3.05, 3.63) is 64.2 Å². The van der Waals surface area contributed by atoms with Gasteiger partial charge in [0.25, 0.3) is 11.7 Å². The highest BCUT2D eigenvalue weighted by atomic mass is 16.5. The molecule has 0 aliphatic carbocycles. The predicted molar refractivity (Wildman–Crippen MR) is 128 cm³/mol. The van der Waals surface area contributed by atoms with Crippen LogP contribution in [0.2, 0.25) is 0 Å². The van der Waals surface area contributed by atoms with Gasteiger partial charge in [-0.05, 0) is 64.2 Å². The van der Waals surface area contributed by atoms with Gasteiger partial charge in [0.2, 0.25) is 0 Å². The number of Topliss-reactive ketones (excluding diaryl/α,β-unsaturated/α-hetero) is 1. The second-order valence-corrected chi connectivity index (χ2v) is 8.46. The molecule has 2 aromatic rings. The summed E-state index contributed by atoms with van der Waals surface area (Å²) in [6.07, 6.45) is 0. The summed E-state index contributed by atoms with van der Waals surface area (Å²) in [6.45, 7) is 7.05. The van der Waals surface area contributed by atoms with Gasteiger partial charge >= 0.3 is 0 Å². The quantitative estimate of drug-likeness (QED) is 0.374. The number of likely N-dealkylation sites (N-methyl/N-ethyl adjacent to an activating group) is 1. The van der Waals surface area contributed by atoms with Crippen molar-refractivity contribution in [1.29, 1.82) is 0 Å². The Morgan fingerprint density at radius 1 is 1.09 bits per heavy atom. The van der Waals surface area contributed by atoms with Crippen LogP contribution < -0.4 is 9.47 Å². The Morgan fingerprint density at radius 3 is 2.45 bits per heavy atom. The summed E-state index contributed by atoms with van der Waals surface area (Å²) in [6, 6.07) is 10.3. The van der Waals surface area contributed by atoms with E-state index in [0.29, 0.717) is 42.3 Å². The summed E-state index contributed by atoms with van der Waals surface area (Å²) in [5.74, 6) is -0.408. The maximum Gasteiger partial charge on any atom is 0.295 e. The molecular weight excluding hydrogens is 420 g/mol. The van der Waals surface area contributed by atoms with Crippen molar-refractivity contribution >= 4 is 17.4 Å². The summed E-state index contributed by atoms with van der Waals surface area (Å²) in [5, 5.41) is 11.3. The third-order valence-electron chi connectivity index (χ3n) is 5.78. The monoisotopic (exact) mass is 452 g/mol. The molecular formula is C26H32N2O5. The molecule has 1 unspecified atom stereocenters. The van der Waals surface area contributed by atoms with Crippen LogP contribution in [0.5, 0.6) is 11.5 Å². The van der Waals surface area contributed by atoms with E-state index in [4.69, 9.17) is 9.47 Å². The number of likely N-dealkylation sites (tertiary alicyclic amines) is 1. The minimum atomic E-state index is -0.741. The Kier molecular flexibility index (Phi) is 7.43. The number of carbonyl (C=O) groups excluding carboxylic acids is 2. The third-order valence-corrected chi connectivity index (χ3v) is 5.78. The van der Waals surface area contributed by atoms with Gasteiger partial charge in [0.15, 0.2) is 11.5 Å². The molecule has 7 nitrogen and oxygen atoms in total. The molecule has 1 atom stereocenters. The van der Waals surface area contributed by atoms with Crippen molar-refractivity contribution < 1.29 is 24.2 Å². The molecule has 0 bridgehead atoms. The van der Waals surface area contributed by atoms with Gasteiger partial charge in [-0.1, -0.05) is 23.8 Å². The molecule has 3 rings (SSSR count). The molecule has 1 heterocycles. The maximum atomic E-state index is 13.2. The van der Waals surface area contributed by atoms with Gasteiger partial charge in [-0.15, -0.1) is 0 Å². The Morgan fingerprint density at radius 2 is 1.82 bits per heavy atom. The number of ketones is 1. The Bertz CT molecular complexity index is 1090. The minimum Gasteiger partial charge on any atom is -0.507 e. The third kappa shape index (κ3) is 4.88. The molecule has 1 saturated heterocycles.